The lowest BCUT2D eigenvalue weighted by Gasteiger charge is -2.33. The predicted molar refractivity (Wildman–Crippen MR) is 387 cm³/mol. The summed E-state index contributed by atoms with van der Waals surface area (Å²) in [6.45, 7) is 17.0. The number of H-pyrrole nitrogens is 2. The number of methoxy groups -OCH3 is 2. The highest BCUT2D eigenvalue weighted by Gasteiger charge is 2.49. The van der Waals surface area contributed by atoms with Crippen molar-refractivity contribution in [3.05, 3.63) is 123 Å². The quantitative estimate of drug-likeness (QED) is 0.0223. The molecule has 5 aliphatic rings. The third kappa shape index (κ3) is 23.2. The number of aliphatic hydroxyl groups excluding tert-OH is 6. The van der Waals surface area contributed by atoms with E-state index < -0.39 is 190 Å². The van der Waals surface area contributed by atoms with E-state index in [2.05, 4.69) is 68.5 Å². The molecule has 1 amide bonds. The van der Waals surface area contributed by atoms with Crippen LogP contribution in [0.1, 0.15) is 85.4 Å². The number of ketones is 3. The van der Waals surface area contributed by atoms with Gasteiger partial charge in [-0.3, -0.25) is 66.6 Å². The summed E-state index contributed by atoms with van der Waals surface area (Å²) in [5.41, 5.74) is -5.37. The van der Waals surface area contributed by atoms with Crippen LogP contribution in [0.5, 0.6) is 0 Å². The monoisotopic (exact) mass is 1490 g/mol. The van der Waals surface area contributed by atoms with E-state index >= 15 is 0 Å². The van der Waals surface area contributed by atoms with Gasteiger partial charge in [0.2, 0.25) is 5.78 Å². The predicted octanol–water partition coefficient (Wildman–Crippen LogP) is -1.06. The Labute approximate surface area is 578 Å². The number of esters is 1. The molecule has 0 unspecified atom stereocenters. The number of ether oxygens (including phenoxy) is 7. The summed E-state index contributed by atoms with van der Waals surface area (Å²) in [6, 6.07) is 1.29. The SMILES string of the molecule is C=C1NC(=O)C=CN1[C@@H]1O[C@H](CCP(=C)(C)C)[C@@H](O)[C@H]1OC.C=P(C)(C)CC[C@H]1O[C@@H](n2cc(C(=O)CC(C)=O)c(=O)[nH]c2=O)[C@H](O)[C@@H]1O.C=P(C)(C)CC[C@H]1O[C@@H](n2cc(C(=O)COC(C)=O)c(=O)[nH]c2=O)[C@H](O)[C@@H]1O.C=P(C)(C)CC[C@H]1O[C@@H](n2ccc(=O)n(C)c2=O)[C@H](OC)[C@@H]1O. The van der Waals surface area contributed by atoms with E-state index in [1.165, 1.54) is 44.0 Å². The molecule has 5 aliphatic heterocycles. The van der Waals surface area contributed by atoms with E-state index in [9.17, 15) is 83.4 Å². The number of amides is 1. The number of hydrogen-bond acceptors (Lipinski definition) is 25. The summed E-state index contributed by atoms with van der Waals surface area (Å²) in [7, 11) is 4.42. The van der Waals surface area contributed by atoms with Crippen molar-refractivity contribution in [1.82, 2.24) is 38.5 Å². The molecule has 4 saturated heterocycles. The van der Waals surface area contributed by atoms with Crippen molar-refractivity contribution >= 4 is 82.0 Å². The van der Waals surface area contributed by atoms with Gasteiger partial charge in [0.1, 0.15) is 66.0 Å². The van der Waals surface area contributed by atoms with Gasteiger partial charge in [0.25, 0.3) is 22.6 Å². The minimum Gasteiger partial charge on any atom is -0.457 e. The Morgan fingerprint density at radius 2 is 0.930 bits per heavy atom. The third-order valence-corrected chi connectivity index (χ3v) is 22.4. The largest absolute Gasteiger partial charge is 0.457 e. The van der Waals surface area contributed by atoms with Crippen LogP contribution in [0.25, 0.3) is 0 Å². The first-order valence-corrected chi connectivity index (χ1v) is 44.0. The summed E-state index contributed by atoms with van der Waals surface area (Å²) in [5, 5.41) is 64.7. The molecule has 0 aromatic carbocycles. The molecule has 36 heteroatoms. The molecule has 4 fully saturated rings. The van der Waals surface area contributed by atoms with Crippen LogP contribution >= 0.6 is 27.5 Å². The molecule has 0 saturated carbocycles. The maximum Gasteiger partial charge on any atom is 0.332 e. The van der Waals surface area contributed by atoms with Crippen molar-refractivity contribution in [2.45, 2.75) is 144 Å². The highest BCUT2D eigenvalue weighted by Crippen LogP contribution is 2.43. The van der Waals surface area contributed by atoms with Crippen molar-refractivity contribution in [1.29, 1.82) is 0 Å². The molecule has 8 rings (SSSR count). The van der Waals surface area contributed by atoms with Gasteiger partial charge in [-0.2, -0.15) is 0 Å². The topological polar surface area (TPSA) is 440 Å². The zero-order chi connectivity index (χ0) is 75.6. The smallest absolute Gasteiger partial charge is 0.332 e. The number of nitrogens with zero attached hydrogens (tertiary/aromatic N) is 5. The van der Waals surface area contributed by atoms with Crippen LogP contribution in [0.15, 0.2) is 78.1 Å². The lowest BCUT2D eigenvalue weighted by Crippen LogP contribution is -2.47. The van der Waals surface area contributed by atoms with Gasteiger partial charge < -0.3 is 74.0 Å². The van der Waals surface area contributed by atoms with E-state index in [1.807, 2.05) is 36.6 Å². The van der Waals surface area contributed by atoms with Crippen LogP contribution in [0, 0.1) is 0 Å². The number of hydrogen-bond donors (Lipinski definition) is 9. The highest BCUT2D eigenvalue weighted by atomic mass is 31.2. The van der Waals surface area contributed by atoms with E-state index in [-0.39, 0.29) is 23.1 Å². The van der Waals surface area contributed by atoms with Crippen LogP contribution < -0.4 is 39.1 Å². The summed E-state index contributed by atoms with van der Waals surface area (Å²) in [6.07, 6.45) is 13.8. The van der Waals surface area contributed by atoms with Crippen molar-refractivity contribution in [3.63, 3.8) is 0 Å². The number of carbonyl (C=O) groups excluding carboxylic acids is 5. The Kier molecular flexibility index (Phi) is 30.0. The number of rotatable bonds is 24. The summed E-state index contributed by atoms with van der Waals surface area (Å²) < 4.78 is 42.6. The molecule has 3 aromatic heterocycles. The highest BCUT2D eigenvalue weighted by molar-refractivity contribution is 7.73. The number of carbonyl (C=O) groups is 5. The van der Waals surface area contributed by atoms with Crippen LogP contribution in [-0.4, -0.2) is 296 Å². The van der Waals surface area contributed by atoms with Crippen molar-refractivity contribution in [2.24, 2.45) is 7.05 Å². The maximum absolute atomic E-state index is 12.3. The van der Waals surface area contributed by atoms with Gasteiger partial charge in [0.15, 0.2) is 37.3 Å². The number of aliphatic hydroxyl groups is 6. The molecule has 8 heterocycles. The molecule has 0 radical (unpaired) electrons. The molecular formula is C64H100N8O24P4. The zero-order valence-electron chi connectivity index (χ0n) is 58.9. The standard InChI is InChI=1S/C17H25N2O8P.C17H25N2O7P.C15H25N2O5P.C15H25N2O4P/c1-9(20)26-8-11(21)10-7-19(17(25)18-15(10)24)16-14(23)13(22)12(27-16)5-6-28(2,3)4;1-9(20)7-11(21)10-8-19(17(25)18-15(10)24)16-14(23)13(22)12(26-16)5-6-27(2,3)4;1-16-11(18)6-8-17(15(16)20)14-13(21-2)12(19)10(22-14)7-9-23(3,4)5;1-10-16-12(18)6-8-17(10)15-14(20-2)13(19)11(21-15)7-9-22(3,4)5/h7,12-14,16,22-23H,2,5-6,8H2,1,3-4H3,(H,18,24,25);8,12-14,16,22-23H,2,5-7H2,1,3-4H3,(H,18,24,25);6,8,10,12-14,19H,3,7,9H2,1-2,4-5H3;6,8,11,13-15,19H,1,3,7,9H2,2,4-5H3,(H,16,18)/t2*12-,13-,14-,16-;10-,12-,13-,14-;11-,13-,14-,15-/m1111/s1. The van der Waals surface area contributed by atoms with E-state index in [1.54, 1.807) is 18.2 Å². The van der Waals surface area contributed by atoms with Crippen molar-refractivity contribution < 1.29 is 87.8 Å². The molecular weight excluding hydrogens is 1390 g/mol. The Hall–Kier alpha value is -6.01. The second-order valence-electron chi connectivity index (χ2n) is 27.9. The first-order chi connectivity index (χ1) is 46.2. The number of Topliss-reactive ketones (excluding diaryl/α,β-unsaturated/α-hetero) is 3. The van der Waals surface area contributed by atoms with Gasteiger partial charge in [-0.1, -0.05) is 6.58 Å². The fraction of sp³-hybridized carbons (Fsp3) is 0.609. The molecule has 0 spiro atoms. The molecule has 560 valence electrons. The van der Waals surface area contributed by atoms with Gasteiger partial charge in [-0.15, -0.1) is 52.7 Å². The lowest BCUT2D eigenvalue weighted by molar-refractivity contribution is -0.139. The molecule has 0 bridgehead atoms. The Morgan fingerprint density at radius 1 is 0.550 bits per heavy atom. The number of aromatic amines is 2. The Balaban J connectivity index is 0.000000241. The maximum atomic E-state index is 12.3. The first-order valence-electron chi connectivity index (χ1n) is 31.8. The second-order valence-corrected chi connectivity index (χ2v) is 45.2. The Morgan fingerprint density at radius 3 is 1.31 bits per heavy atom. The summed E-state index contributed by atoms with van der Waals surface area (Å²) >= 11 is 0. The lowest BCUT2D eigenvalue weighted by atomic mass is 10.1. The minimum absolute atomic E-state index is 0.228. The van der Waals surface area contributed by atoms with Crippen LogP contribution in [0.3, 0.4) is 0 Å². The number of aromatic nitrogens is 6. The minimum atomic E-state index is -1.43. The molecule has 0 aliphatic carbocycles. The summed E-state index contributed by atoms with van der Waals surface area (Å²) in [4.78, 5) is 135. The average molecular weight is 1490 g/mol. The zero-order valence-corrected chi connectivity index (χ0v) is 62.4. The van der Waals surface area contributed by atoms with Crippen molar-refractivity contribution in [2.75, 3.05) is 98.8 Å². The molecule has 3 aromatic rings. The van der Waals surface area contributed by atoms with Gasteiger partial charge in [-0.05, 0) is 111 Å². The van der Waals surface area contributed by atoms with Gasteiger partial charge in [0.05, 0.1) is 36.4 Å². The van der Waals surface area contributed by atoms with Crippen LogP contribution in [0.2, 0.25) is 0 Å². The van der Waals surface area contributed by atoms with Gasteiger partial charge in [-0.25, -0.2) is 14.4 Å². The fourth-order valence-corrected chi connectivity index (χ4v) is 14.8. The Bertz CT molecular complexity index is 4080. The summed E-state index contributed by atoms with van der Waals surface area (Å²) in [5.74, 6) is -2.51. The van der Waals surface area contributed by atoms with Crippen LogP contribution in [0.4, 0.5) is 0 Å². The van der Waals surface area contributed by atoms with Crippen LogP contribution in [-0.2, 0) is 54.6 Å². The molecule has 16 atom stereocenters. The van der Waals surface area contributed by atoms with E-state index in [0.717, 1.165) is 57.9 Å². The van der Waals surface area contributed by atoms with E-state index in [0.29, 0.717) is 31.2 Å². The first kappa shape index (κ1) is 84.6. The fourth-order valence-electron chi connectivity index (χ4n) is 11.0. The number of nitrogens with one attached hydrogen (secondary N) is 3. The molecule has 100 heavy (non-hydrogen) atoms. The molecule has 9 N–H and O–H groups in total. The van der Waals surface area contributed by atoms with E-state index in [4.69, 9.17) is 28.4 Å². The van der Waals surface area contributed by atoms with Gasteiger partial charge in [0, 0.05) is 65.1 Å². The van der Waals surface area contributed by atoms with Crippen molar-refractivity contribution in [3.8, 4) is 0 Å². The average Bonchev–Trinajstić information content (AvgIpc) is 1.61. The normalized spacial score (nSPS) is 27.5. The van der Waals surface area contributed by atoms with Gasteiger partial charge >= 0.3 is 23.0 Å². The molecule has 32 nitrogen and oxygen atoms in total. The second kappa shape index (κ2) is 35.4. The third-order valence-electron chi connectivity index (χ3n) is 16.6.